The van der Waals surface area contributed by atoms with Gasteiger partial charge in [0, 0.05) is 4.57 Å². The second kappa shape index (κ2) is 13.0. The molecule has 4 nitrogen and oxygen atoms in total. The lowest BCUT2D eigenvalue weighted by molar-refractivity contribution is 0.243. The van der Waals surface area contributed by atoms with Crippen LogP contribution in [0.4, 0.5) is 0 Å². The molecule has 0 aliphatic carbocycles. The van der Waals surface area contributed by atoms with E-state index in [2.05, 4.69) is 34.8 Å². The van der Waals surface area contributed by atoms with Crippen LogP contribution < -0.4 is 0 Å². The van der Waals surface area contributed by atoms with Crippen LogP contribution in [-0.4, -0.2) is 38.3 Å². The van der Waals surface area contributed by atoms with Crippen molar-refractivity contribution in [1.82, 2.24) is 4.90 Å². The molecule has 0 atom stereocenters. The molecule has 0 rings (SSSR count). The lowest BCUT2D eigenvalue weighted by Crippen LogP contribution is -2.15. The molecule has 0 aliphatic rings. The van der Waals surface area contributed by atoms with Gasteiger partial charge in [0.15, 0.2) is 0 Å². The van der Waals surface area contributed by atoms with Gasteiger partial charge in [-0.15, -0.1) is 9.05 Å². The van der Waals surface area contributed by atoms with Crippen LogP contribution in [0.1, 0.15) is 27.7 Å². The third-order valence-corrected chi connectivity index (χ3v) is 2.49. The Labute approximate surface area is 88.5 Å². The highest BCUT2D eigenvalue weighted by Crippen LogP contribution is 2.21. The van der Waals surface area contributed by atoms with E-state index in [1.54, 1.807) is 13.8 Å². The Bertz CT molecular complexity index is 121. The van der Waals surface area contributed by atoms with Crippen molar-refractivity contribution in [2.24, 2.45) is 0 Å². The van der Waals surface area contributed by atoms with Gasteiger partial charge in [-0.3, -0.25) is 0 Å². The average Bonchev–Trinajstić information content (AvgIpc) is 2.18. The molecular formula is C9H23NO3P+. The summed E-state index contributed by atoms with van der Waals surface area (Å²) in [5, 5.41) is 0. The Kier molecular flexibility index (Phi) is 15.2. The molecule has 0 aliphatic heterocycles. The molecule has 0 aromatic heterocycles. The third kappa shape index (κ3) is 14.5. The normalized spacial score (nSPS) is 9.57. The summed E-state index contributed by atoms with van der Waals surface area (Å²) >= 11 is 0. The van der Waals surface area contributed by atoms with E-state index in [0.29, 0.717) is 13.2 Å². The maximum absolute atomic E-state index is 10.3. The van der Waals surface area contributed by atoms with Gasteiger partial charge in [-0.05, 0) is 34.0 Å². The molecule has 0 aromatic rings. The standard InChI is InChI=1S/C5H13N.C4H10O3P/c1-4-6(3)5-2;1-3-6-8(5)7-4-2/h4-5H2,1-3H3;3-4H2,1-2H3/q;+1. The first-order chi connectivity index (χ1) is 6.62. The van der Waals surface area contributed by atoms with Gasteiger partial charge in [0.05, 0.1) is 0 Å². The summed E-state index contributed by atoms with van der Waals surface area (Å²) in [6.45, 7) is 11.1. The zero-order chi connectivity index (χ0) is 11.4. The fraction of sp³-hybridized carbons (Fsp3) is 1.00. The summed E-state index contributed by atoms with van der Waals surface area (Å²) in [4.78, 5) is 2.25. The Balaban J connectivity index is 0. The van der Waals surface area contributed by atoms with Crippen molar-refractivity contribution in [3.05, 3.63) is 0 Å². The third-order valence-electron chi connectivity index (χ3n) is 1.55. The van der Waals surface area contributed by atoms with Crippen LogP contribution in [0.3, 0.4) is 0 Å². The Morgan fingerprint density at radius 1 is 1.00 bits per heavy atom. The minimum absolute atomic E-state index is 0.440. The van der Waals surface area contributed by atoms with Crippen LogP contribution in [0, 0.1) is 0 Å². The quantitative estimate of drug-likeness (QED) is 0.650. The van der Waals surface area contributed by atoms with Gasteiger partial charge >= 0.3 is 8.25 Å². The number of nitrogens with zero attached hydrogens (tertiary/aromatic N) is 1. The first kappa shape index (κ1) is 16.4. The summed E-state index contributed by atoms with van der Waals surface area (Å²) in [7, 11) is 0.280. The first-order valence-corrected chi connectivity index (χ1v) is 6.13. The topological polar surface area (TPSA) is 38.8 Å². The SMILES string of the molecule is CCN(C)CC.CCO[P+](=O)OCC. The second-order valence-electron chi connectivity index (χ2n) is 2.55. The van der Waals surface area contributed by atoms with E-state index in [1.165, 1.54) is 0 Å². The van der Waals surface area contributed by atoms with Gasteiger partial charge in [-0.2, -0.15) is 0 Å². The van der Waals surface area contributed by atoms with E-state index >= 15 is 0 Å². The molecule has 0 N–H and O–H groups in total. The largest absolute Gasteiger partial charge is 0.697 e. The minimum atomic E-state index is -1.83. The van der Waals surface area contributed by atoms with Gasteiger partial charge in [0.1, 0.15) is 13.2 Å². The highest BCUT2D eigenvalue weighted by atomic mass is 31.1. The fourth-order valence-electron chi connectivity index (χ4n) is 0.472. The van der Waals surface area contributed by atoms with Crippen molar-refractivity contribution >= 4 is 8.25 Å². The molecule has 14 heavy (non-hydrogen) atoms. The molecular weight excluding hydrogens is 201 g/mol. The minimum Gasteiger partial charge on any atom is -0.307 e. The van der Waals surface area contributed by atoms with E-state index in [1.807, 2.05) is 0 Å². The summed E-state index contributed by atoms with van der Waals surface area (Å²) < 4.78 is 19.5. The second-order valence-corrected chi connectivity index (χ2v) is 3.51. The predicted molar refractivity (Wildman–Crippen MR) is 59.7 cm³/mol. The number of rotatable bonds is 6. The number of hydrogen-bond acceptors (Lipinski definition) is 4. The lowest BCUT2D eigenvalue weighted by atomic mass is 10.6. The van der Waals surface area contributed by atoms with Gasteiger partial charge in [0.25, 0.3) is 0 Å². The number of hydrogen-bond donors (Lipinski definition) is 0. The first-order valence-electron chi connectivity index (χ1n) is 5.03. The fourth-order valence-corrected chi connectivity index (χ4v) is 0.968. The summed E-state index contributed by atoms with van der Waals surface area (Å²) in [5.41, 5.74) is 0. The van der Waals surface area contributed by atoms with E-state index in [-0.39, 0.29) is 0 Å². The Hall–Kier alpha value is -0.0200. The lowest BCUT2D eigenvalue weighted by Gasteiger charge is -2.07. The van der Waals surface area contributed by atoms with Crippen molar-refractivity contribution in [3.63, 3.8) is 0 Å². The van der Waals surface area contributed by atoms with Crippen molar-refractivity contribution in [3.8, 4) is 0 Å². The van der Waals surface area contributed by atoms with Crippen LogP contribution in [-0.2, 0) is 13.6 Å². The maximum atomic E-state index is 10.3. The van der Waals surface area contributed by atoms with E-state index in [4.69, 9.17) is 0 Å². The molecule has 5 heteroatoms. The molecule has 0 saturated heterocycles. The van der Waals surface area contributed by atoms with Crippen LogP contribution >= 0.6 is 8.25 Å². The van der Waals surface area contributed by atoms with Crippen LogP contribution in [0.2, 0.25) is 0 Å². The highest BCUT2D eigenvalue weighted by molar-refractivity contribution is 7.33. The van der Waals surface area contributed by atoms with Crippen molar-refractivity contribution < 1.29 is 13.6 Å². The summed E-state index contributed by atoms with van der Waals surface area (Å²) in [6.07, 6.45) is 0. The highest BCUT2D eigenvalue weighted by Gasteiger charge is 2.15. The molecule has 0 amide bonds. The molecule has 0 spiro atoms. The molecule has 0 unspecified atom stereocenters. The molecule has 0 radical (unpaired) electrons. The van der Waals surface area contributed by atoms with Crippen molar-refractivity contribution in [2.45, 2.75) is 27.7 Å². The summed E-state index contributed by atoms with van der Waals surface area (Å²) in [6, 6.07) is 0. The van der Waals surface area contributed by atoms with E-state index < -0.39 is 8.25 Å². The van der Waals surface area contributed by atoms with Crippen LogP contribution in [0.25, 0.3) is 0 Å². The Morgan fingerprint density at radius 3 is 1.50 bits per heavy atom. The smallest absolute Gasteiger partial charge is 0.307 e. The van der Waals surface area contributed by atoms with Gasteiger partial charge in [0.2, 0.25) is 0 Å². The van der Waals surface area contributed by atoms with Crippen LogP contribution in [0.15, 0.2) is 0 Å². The molecule has 86 valence electrons. The molecule has 0 heterocycles. The summed E-state index contributed by atoms with van der Waals surface area (Å²) in [5.74, 6) is 0. The van der Waals surface area contributed by atoms with Crippen LogP contribution in [0.5, 0.6) is 0 Å². The van der Waals surface area contributed by atoms with Crippen molar-refractivity contribution in [2.75, 3.05) is 33.4 Å². The van der Waals surface area contributed by atoms with Gasteiger partial charge < -0.3 is 4.90 Å². The van der Waals surface area contributed by atoms with E-state index in [0.717, 1.165) is 13.1 Å². The monoisotopic (exact) mass is 224 g/mol. The van der Waals surface area contributed by atoms with Crippen molar-refractivity contribution in [1.29, 1.82) is 0 Å². The van der Waals surface area contributed by atoms with E-state index in [9.17, 15) is 4.57 Å². The van der Waals surface area contributed by atoms with Gasteiger partial charge in [-0.1, -0.05) is 13.8 Å². The Morgan fingerprint density at radius 2 is 1.36 bits per heavy atom. The molecule has 0 fully saturated rings. The predicted octanol–water partition coefficient (Wildman–Crippen LogP) is 2.67. The molecule has 0 aromatic carbocycles. The molecule has 0 bridgehead atoms. The van der Waals surface area contributed by atoms with Gasteiger partial charge in [-0.25, -0.2) is 0 Å². The average molecular weight is 224 g/mol. The zero-order valence-electron chi connectivity index (χ0n) is 9.95. The molecule has 0 saturated carbocycles. The zero-order valence-corrected chi connectivity index (χ0v) is 10.8. The maximum Gasteiger partial charge on any atom is 0.697 e.